The fourth-order valence-corrected chi connectivity index (χ4v) is 3.03. The fraction of sp³-hybridized carbons (Fsp3) is 0.588. The minimum absolute atomic E-state index is 0.0289. The third kappa shape index (κ3) is 4.21. The molecule has 1 saturated carbocycles. The van der Waals surface area contributed by atoms with E-state index >= 15 is 0 Å². The number of hydrogen-bond donors (Lipinski definition) is 2. The maximum absolute atomic E-state index is 12.4. The maximum atomic E-state index is 12.4. The Kier molecular flexibility index (Phi) is 5.23. The molecule has 0 spiro atoms. The van der Waals surface area contributed by atoms with Crippen LogP contribution in [0.15, 0.2) is 24.3 Å². The molecule has 0 radical (unpaired) electrons. The van der Waals surface area contributed by atoms with Crippen LogP contribution in [-0.2, 0) is 0 Å². The Bertz CT molecular complexity index is 487. The van der Waals surface area contributed by atoms with Gasteiger partial charge in [0.15, 0.2) is 0 Å². The molecule has 0 heterocycles. The normalized spacial score (nSPS) is 23.4. The Balaban J connectivity index is 1.98. The number of hydrogen-bond acceptors (Lipinski definition) is 2. The van der Waals surface area contributed by atoms with Crippen LogP contribution >= 0.6 is 0 Å². The van der Waals surface area contributed by atoms with Gasteiger partial charge in [-0.3, -0.25) is 0 Å². The first-order chi connectivity index (χ1) is 9.97. The second-order valence-corrected chi connectivity index (χ2v) is 6.38. The van der Waals surface area contributed by atoms with Gasteiger partial charge in [-0.05, 0) is 43.4 Å². The Morgan fingerprint density at radius 1 is 1.43 bits per heavy atom. The van der Waals surface area contributed by atoms with Gasteiger partial charge in [-0.15, -0.1) is 0 Å². The molecular formula is C17H27N3O. The van der Waals surface area contributed by atoms with Crippen molar-refractivity contribution >= 4 is 11.7 Å². The molecule has 2 rings (SSSR count). The summed E-state index contributed by atoms with van der Waals surface area (Å²) in [7, 11) is 1.90. The number of benzene rings is 1. The second-order valence-electron chi connectivity index (χ2n) is 6.38. The number of nitrogens with one attached hydrogen (secondary N) is 1. The summed E-state index contributed by atoms with van der Waals surface area (Å²) in [5, 5.41) is 2.98. The molecular weight excluding hydrogens is 262 g/mol. The van der Waals surface area contributed by atoms with Gasteiger partial charge in [0.2, 0.25) is 0 Å². The van der Waals surface area contributed by atoms with Crippen molar-refractivity contribution in [1.82, 2.24) is 4.90 Å². The SMILES string of the molecule is CC1CCCC(N(C)C(=O)Nc2cccc(C(C)N)c2)C1. The minimum atomic E-state index is -0.0316. The zero-order valence-corrected chi connectivity index (χ0v) is 13.3. The molecule has 1 aliphatic carbocycles. The highest BCUT2D eigenvalue weighted by Gasteiger charge is 2.25. The van der Waals surface area contributed by atoms with Crippen LogP contribution in [0.5, 0.6) is 0 Å². The molecule has 1 aliphatic rings. The van der Waals surface area contributed by atoms with Crippen molar-refractivity contribution in [2.45, 2.75) is 51.6 Å². The van der Waals surface area contributed by atoms with E-state index in [9.17, 15) is 4.79 Å². The molecule has 21 heavy (non-hydrogen) atoms. The zero-order valence-electron chi connectivity index (χ0n) is 13.3. The van der Waals surface area contributed by atoms with Gasteiger partial charge >= 0.3 is 6.03 Å². The van der Waals surface area contributed by atoms with Crippen LogP contribution in [0.25, 0.3) is 0 Å². The first kappa shape index (κ1) is 15.8. The summed E-state index contributed by atoms with van der Waals surface area (Å²) in [6.07, 6.45) is 4.70. The van der Waals surface area contributed by atoms with Crippen molar-refractivity contribution in [3.63, 3.8) is 0 Å². The van der Waals surface area contributed by atoms with Gasteiger partial charge in [0.05, 0.1) is 0 Å². The van der Waals surface area contributed by atoms with E-state index in [2.05, 4.69) is 12.2 Å². The van der Waals surface area contributed by atoms with Gasteiger partial charge in [0.25, 0.3) is 0 Å². The average molecular weight is 289 g/mol. The molecule has 0 aliphatic heterocycles. The van der Waals surface area contributed by atoms with Crippen LogP contribution in [0.1, 0.15) is 51.1 Å². The molecule has 1 aromatic rings. The zero-order chi connectivity index (χ0) is 15.4. The molecule has 0 saturated heterocycles. The van der Waals surface area contributed by atoms with Crippen LogP contribution < -0.4 is 11.1 Å². The summed E-state index contributed by atoms with van der Waals surface area (Å²) in [5.41, 5.74) is 7.72. The van der Waals surface area contributed by atoms with E-state index < -0.39 is 0 Å². The predicted molar refractivity (Wildman–Crippen MR) is 87.2 cm³/mol. The lowest BCUT2D eigenvalue weighted by atomic mass is 9.86. The fourth-order valence-electron chi connectivity index (χ4n) is 3.03. The molecule has 4 nitrogen and oxygen atoms in total. The van der Waals surface area contributed by atoms with E-state index in [0.29, 0.717) is 12.0 Å². The van der Waals surface area contributed by atoms with Crippen LogP contribution in [-0.4, -0.2) is 24.0 Å². The van der Waals surface area contributed by atoms with Gasteiger partial charge in [-0.25, -0.2) is 4.79 Å². The van der Waals surface area contributed by atoms with Crippen molar-refractivity contribution in [1.29, 1.82) is 0 Å². The van der Waals surface area contributed by atoms with Crippen molar-refractivity contribution < 1.29 is 4.79 Å². The number of carbonyl (C=O) groups is 1. The van der Waals surface area contributed by atoms with Gasteiger partial charge in [-0.1, -0.05) is 31.9 Å². The Labute approximate surface area is 127 Å². The molecule has 0 aromatic heterocycles. The van der Waals surface area contributed by atoms with E-state index in [4.69, 9.17) is 5.73 Å². The average Bonchev–Trinajstić information content (AvgIpc) is 2.46. The highest BCUT2D eigenvalue weighted by molar-refractivity contribution is 5.89. The third-order valence-electron chi connectivity index (χ3n) is 4.44. The first-order valence-electron chi connectivity index (χ1n) is 7.86. The van der Waals surface area contributed by atoms with Crippen molar-refractivity contribution in [2.24, 2.45) is 11.7 Å². The largest absolute Gasteiger partial charge is 0.325 e. The van der Waals surface area contributed by atoms with Crippen LogP contribution in [0.4, 0.5) is 10.5 Å². The summed E-state index contributed by atoms with van der Waals surface area (Å²) < 4.78 is 0. The monoisotopic (exact) mass is 289 g/mol. The Morgan fingerprint density at radius 2 is 2.19 bits per heavy atom. The smallest absolute Gasteiger partial charge is 0.321 e. The quantitative estimate of drug-likeness (QED) is 0.890. The van der Waals surface area contributed by atoms with Gasteiger partial charge in [0.1, 0.15) is 0 Å². The maximum Gasteiger partial charge on any atom is 0.321 e. The molecule has 1 aromatic carbocycles. The van der Waals surface area contributed by atoms with Crippen molar-refractivity contribution in [3.8, 4) is 0 Å². The number of nitrogens with two attached hydrogens (primary N) is 1. The molecule has 0 bridgehead atoms. The number of amides is 2. The Hall–Kier alpha value is -1.55. The van der Waals surface area contributed by atoms with Gasteiger partial charge in [-0.2, -0.15) is 0 Å². The first-order valence-corrected chi connectivity index (χ1v) is 7.86. The van der Waals surface area contributed by atoms with E-state index in [0.717, 1.165) is 24.1 Å². The van der Waals surface area contributed by atoms with Gasteiger partial charge < -0.3 is 16.0 Å². The van der Waals surface area contributed by atoms with E-state index in [1.54, 1.807) is 0 Å². The number of carbonyl (C=O) groups excluding carboxylic acids is 1. The number of nitrogens with zero attached hydrogens (tertiary/aromatic N) is 1. The minimum Gasteiger partial charge on any atom is -0.325 e. The van der Waals surface area contributed by atoms with Crippen LogP contribution in [0, 0.1) is 5.92 Å². The summed E-state index contributed by atoms with van der Waals surface area (Å²) in [6.45, 7) is 4.21. The summed E-state index contributed by atoms with van der Waals surface area (Å²) >= 11 is 0. The highest BCUT2D eigenvalue weighted by atomic mass is 16.2. The molecule has 1 fully saturated rings. The van der Waals surface area contributed by atoms with Crippen LogP contribution in [0.3, 0.4) is 0 Å². The molecule has 3 unspecified atom stereocenters. The predicted octanol–water partition coefficient (Wildman–Crippen LogP) is 3.75. The Morgan fingerprint density at radius 3 is 2.86 bits per heavy atom. The van der Waals surface area contributed by atoms with Crippen molar-refractivity contribution in [3.05, 3.63) is 29.8 Å². The molecule has 3 atom stereocenters. The lowest BCUT2D eigenvalue weighted by Gasteiger charge is -2.34. The molecule has 116 valence electrons. The van der Waals surface area contributed by atoms with Crippen LogP contribution in [0.2, 0.25) is 0 Å². The molecule has 2 amide bonds. The van der Waals surface area contributed by atoms with E-state index in [-0.39, 0.29) is 12.1 Å². The highest BCUT2D eigenvalue weighted by Crippen LogP contribution is 2.27. The number of rotatable bonds is 3. The molecule has 3 N–H and O–H groups in total. The number of anilines is 1. The molecule has 4 heteroatoms. The number of urea groups is 1. The summed E-state index contributed by atoms with van der Waals surface area (Å²) in [5.74, 6) is 0.709. The van der Waals surface area contributed by atoms with Crippen molar-refractivity contribution in [2.75, 3.05) is 12.4 Å². The third-order valence-corrected chi connectivity index (χ3v) is 4.44. The van der Waals surface area contributed by atoms with E-state index in [1.807, 2.05) is 43.1 Å². The standard InChI is InChI=1S/C17H27N3O/c1-12-6-4-9-16(10-12)20(3)17(21)19-15-8-5-7-14(11-15)13(2)18/h5,7-8,11-13,16H,4,6,9-10,18H2,1-3H3,(H,19,21). The summed E-state index contributed by atoms with van der Waals surface area (Å²) in [6, 6.07) is 8.05. The second kappa shape index (κ2) is 6.94. The van der Waals surface area contributed by atoms with Gasteiger partial charge in [0, 0.05) is 24.8 Å². The topological polar surface area (TPSA) is 58.4 Å². The van der Waals surface area contributed by atoms with E-state index in [1.165, 1.54) is 12.8 Å². The lowest BCUT2D eigenvalue weighted by Crippen LogP contribution is -2.42. The lowest BCUT2D eigenvalue weighted by molar-refractivity contribution is 0.171. The summed E-state index contributed by atoms with van der Waals surface area (Å²) in [4.78, 5) is 14.2.